The largest absolute Gasteiger partial charge is 0.494 e. The lowest BCUT2D eigenvalue weighted by molar-refractivity contribution is 0.296. The Labute approximate surface area is 113 Å². The van der Waals surface area contributed by atoms with E-state index < -0.39 is 0 Å². The molecule has 19 heavy (non-hydrogen) atoms. The van der Waals surface area contributed by atoms with Crippen LogP contribution in [0.4, 0.5) is 0 Å². The maximum Gasteiger partial charge on any atom is 0.131 e. The second-order valence-corrected chi connectivity index (χ2v) is 4.24. The Kier molecular flexibility index (Phi) is 4.47. The Morgan fingerprint density at radius 2 is 1.89 bits per heavy atom. The van der Waals surface area contributed by atoms with E-state index in [2.05, 4.69) is 9.97 Å². The molecule has 4 heteroatoms. The fourth-order valence-electron chi connectivity index (χ4n) is 1.88. The Bertz CT molecular complexity index is 538. The Morgan fingerprint density at radius 1 is 1.16 bits per heavy atom. The Balaban J connectivity index is 2.29. The molecule has 4 nitrogen and oxygen atoms in total. The van der Waals surface area contributed by atoms with Crippen molar-refractivity contribution in [2.24, 2.45) is 0 Å². The summed E-state index contributed by atoms with van der Waals surface area (Å²) in [5.74, 6) is 1.53. The Hall–Kier alpha value is -1.94. The van der Waals surface area contributed by atoms with Crippen molar-refractivity contribution >= 4 is 0 Å². The van der Waals surface area contributed by atoms with Crippen molar-refractivity contribution in [3.05, 3.63) is 41.9 Å². The fraction of sp³-hybridized carbons (Fsp3) is 0.333. The number of rotatable bonds is 5. The van der Waals surface area contributed by atoms with Gasteiger partial charge in [-0.05, 0) is 44.2 Å². The van der Waals surface area contributed by atoms with Crippen LogP contribution in [0.5, 0.6) is 5.75 Å². The van der Waals surface area contributed by atoms with Crippen LogP contribution in [0.3, 0.4) is 0 Å². The van der Waals surface area contributed by atoms with E-state index in [1.807, 2.05) is 44.2 Å². The van der Waals surface area contributed by atoms with Gasteiger partial charge in [0.25, 0.3) is 0 Å². The van der Waals surface area contributed by atoms with Crippen LogP contribution < -0.4 is 4.74 Å². The van der Waals surface area contributed by atoms with Gasteiger partial charge in [-0.3, -0.25) is 0 Å². The number of aliphatic hydroxyl groups is 1. The Morgan fingerprint density at radius 3 is 2.53 bits per heavy atom. The van der Waals surface area contributed by atoms with Crippen LogP contribution in [0.1, 0.15) is 18.4 Å². The van der Waals surface area contributed by atoms with E-state index in [0.29, 0.717) is 18.9 Å². The van der Waals surface area contributed by atoms with Crippen LogP contribution in [0.25, 0.3) is 11.3 Å². The molecular weight excluding hydrogens is 240 g/mol. The van der Waals surface area contributed by atoms with Crippen molar-refractivity contribution in [2.45, 2.75) is 20.3 Å². The summed E-state index contributed by atoms with van der Waals surface area (Å²) < 4.78 is 5.42. The SMILES string of the molecule is CCOc1ccc(-c2cc(C)nc(CCO)n2)cc1. The average molecular weight is 258 g/mol. The zero-order valence-electron chi connectivity index (χ0n) is 11.3. The minimum atomic E-state index is 0.0617. The monoisotopic (exact) mass is 258 g/mol. The smallest absolute Gasteiger partial charge is 0.131 e. The zero-order valence-corrected chi connectivity index (χ0v) is 11.3. The third-order valence-corrected chi connectivity index (χ3v) is 2.70. The molecule has 0 amide bonds. The molecule has 1 aromatic carbocycles. The number of aromatic nitrogens is 2. The van der Waals surface area contributed by atoms with Gasteiger partial charge in [-0.2, -0.15) is 0 Å². The standard InChI is InChI=1S/C15H18N2O2/c1-3-19-13-6-4-12(5-7-13)14-10-11(2)16-15(17-14)8-9-18/h4-7,10,18H,3,8-9H2,1-2H3. The fourth-order valence-corrected chi connectivity index (χ4v) is 1.88. The summed E-state index contributed by atoms with van der Waals surface area (Å²) >= 11 is 0. The first kappa shape index (κ1) is 13.5. The highest BCUT2D eigenvalue weighted by Gasteiger charge is 2.05. The molecule has 2 aromatic rings. The molecule has 0 saturated heterocycles. The van der Waals surface area contributed by atoms with Gasteiger partial charge in [0.15, 0.2) is 0 Å². The lowest BCUT2D eigenvalue weighted by Gasteiger charge is -2.07. The molecule has 0 atom stereocenters. The molecule has 1 N–H and O–H groups in total. The van der Waals surface area contributed by atoms with Crippen molar-refractivity contribution < 1.29 is 9.84 Å². The number of aryl methyl sites for hydroxylation is 1. The average Bonchev–Trinajstić information content (AvgIpc) is 2.40. The van der Waals surface area contributed by atoms with Crippen molar-refractivity contribution in [1.29, 1.82) is 0 Å². The molecule has 0 unspecified atom stereocenters. The number of benzene rings is 1. The van der Waals surface area contributed by atoms with E-state index in [9.17, 15) is 0 Å². The first-order valence-corrected chi connectivity index (χ1v) is 6.41. The summed E-state index contributed by atoms with van der Waals surface area (Å²) in [5, 5.41) is 8.97. The molecule has 1 heterocycles. The summed E-state index contributed by atoms with van der Waals surface area (Å²) in [6, 6.07) is 9.77. The van der Waals surface area contributed by atoms with E-state index in [1.54, 1.807) is 0 Å². The number of hydrogen-bond acceptors (Lipinski definition) is 4. The predicted octanol–water partition coefficient (Wildman–Crippen LogP) is 2.39. The molecule has 100 valence electrons. The van der Waals surface area contributed by atoms with Crippen molar-refractivity contribution in [3.8, 4) is 17.0 Å². The van der Waals surface area contributed by atoms with E-state index in [0.717, 1.165) is 22.7 Å². The maximum atomic E-state index is 8.97. The molecular formula is C15H18N2O2. The van der Waals surface area contributed by atoms with Gasteiger partial charge in [0.05, 0.1) is 18.9 Å². The van der Waals surface area contributed by atoms with Gasteiger partial charge in [0.1, 0.15) is 11.6 Å². The first-order valence-electron chi connectivity index (χ1n) is 6.41. The van der Waals surface area contributed by atoms with Crippen LogP contribution in [0.15, 0.2) is 30.3 Å². The van der Waals surface area contributed by atoms with E-state index in [4.69, 9.17) is 9.84 Å². The molecule has 0 bridgehead atoms. The highest BCUT2D eigenvalue weighted by atomic mass is 16.5. The minimum absolute atomic E-state index is 0.0617. The molecule has 0 aliphatic rings. The van der Waals surface area contributed by atoms with Gasteiger partial charge < -0.3 is 9.84 Å². The molecule has 0 spiro atoms. The summed E-state index contributed by atoms with van der Waals surface area (Å²) in [7, 11) is 0. The number of ether oxygens (including phenoxy) is 1. The van der Waals surface area contributed by atoms with Gasteiger partial charge in [-0.1, -0.05) is 0 Å². The zero-order chi connectivity index (χ0) is 13.7. The summed E-state index contributed by atoms with van der Waals surface area (Å²) in [5.41, 5.74) is 2.80. The maximum absolute atomic E-state index is 8.97. The van der Waals surface area contributed by atoms with Crippen LogP contribution in [0, 0.1) is 6.92 Å². The van der Waals surface area contributed by atoms with Gasteiger partial charge >= 0.3 is 0 Å². The molecule has 0 radical (unpaired) electrons. The third kappa shape index (κ3) is 3.51. The van der Waals surface area contributed by atoms with Crippen LogP contribution in [0.2, 0.25) is 0 Å². The lowest BCUT2D eigenvalue weighted by atomic mass is 10.1. The number of aliphatic hydroxyl groups excluding tert-OH is 1. The lowest BCUT2D eigenvalue weighted by Crippen LogP contribution is -2.01. The second kappa shape index (κ2) is 6.29. The van der Waals surface area contributed by atoms with Gasteiger partial charge in [-0.15, -0.1) is 0 Å². The van der Waals surface area contributed by atoms with Gasteiger partial charge in [0, 0.05) is 17.7 Å². The number of nitrogens with zero attached hydrogens (tertiary/aromatic N) is 2. The summed E-state index contributed by atoms with van der Waals surface area (Å²) in [6.45, 7) is 4.61. The topological polar surface area (TPSA) is 55.2 Å². The summed E-state index contributed by atoms with van der Waals surface area (Å²) in [4.78, 5) is 8.76. The molecule has 0 saturated carbocycles. The molecule has 1 aromatic heterocycles. The summed E-state index contributed by atoms with van der Waals surface area (Å²) in [6.07, 6.45) is 0.478. The van der Waals surface area contributed by atoms with Crippen molar-refractivity contribution in [1.82, 2.24) is 9.97 Å². The minimum Gasteiger partial charge on any atom is -0.494 e. The normalized spacial score (nSPS) is 10.5. The molecule has 0 aliphatic heterocycles. The van der Waals surface area contributed by atoms with E-state index in [1.165, 1.54) is 0 Å². The first-order chi connectivity index (χ1) is 9.22. The highest BCUT2D eigenvalue weighted by Crippen LogP contribution is 2.21. The van der Waals surface area contributed by atoms with Gasteiger partial charge in [0.2, 0.25) is 0 Å². The van der Waals surface area contributed by atoms with Crippen molar-refractivity contribution in [3.63, 3.8) is 0 Å². The second-order valence-electron chi connectivity index (χ2n) is 4.24. The van der Waals surface area contributed by atoms with Crippen LogP contribution in [-0.4, -0.2) is 28.3 Å². The third-order valence-electron chi connectivity index (χ3n) is 2.70. The molecule has 2 rings (SSSR count). The van der Waals surface area contributed by atoms with Crippen molar-refractivity contribution in [2.75, 3.05) is 13.2 Å². The van der Waals surface area contributed by atoms with Gasteiger partial charge in [-0.25, -0.2) is 9.97 Å². The highest BCUT2D eigenvalue weighted by molar-refractivity contribution is 5.60. The van der Waals surface area contributed by atoms with Crippen LogP contribution in [-0.2, 0) is 6.42 Å². The predicted molar refractivity (Wildman–Crippen MR) is 74.2 cm³/mol. The van der Waals surface area contributed by atoms with E-state index >= 15 is 0 Å². The molecule has 0 fully saturated rings. The quantitative estimate of drug-likeness (QED) is 0.894. The van der Waals surface area contributed by atoms with E-state index in [-0.39, 0.29) is 6.61 Å². The molecule has 0 aliphatic carbocycles. The number of hydrogen-bond donors (Lipinski definition) is 1. The van der Waals surface area contributed by atoms with Crippen LogP contribution >= 0.6 is 0 Å².